The number of hydrogen-bond acceptors (Lipinski definition) is 7. The van der Waals surface area contributed by atoms with Crippen LogP contribution in [-0.2, 0) is 4.74 Å². The van der Waals surface area contributed by atoms with Crippen LogP contribution in [0.3, 0.4) is 0 Å². The van der Waals surface area contributed by atoms with Gasteiger partial charge in [0.25, 0.3) is 0 Å². The summed E-state index contributed by atoms with van der Waals surface area (Å²) in [6.45, 7) is 4.61. The zero-order chi connectivity index (χ0) is 20.2. The minimum atomic E-state index is -0.337. The number of fused-ring (bicyclic) bond motifs is 1. The van der Waals surface area contributed by atoms with Gasteiger partial charge in [0.05, 0.1) is 31.7 Å². The van der Waals surface area contributed by atoms with Crippen molar-refractivity contribution in [3.05, 3.63) is 30.2 Å². The van der Waals surface area contributed by atoms with Gasteiger partial charge in [0.2, 0.25) is 10.1 Å². The number of ether oxygens (including phenoxy) is 2. The van der Waals surface area contributed by atoms with Crippen molar-refractivity contribution in [1.29, 1.82) is 0 Å². The molecule has 0 amide bonds. The van der Waals surface area contributed by atoms with Crippen LogP contribution in [0.15, 0.2) is 24.4 Å². The van der Waals surface area contributed by atoms with E-state index in [4.69, 9.17) is 20.3 Å². The largest absolute Gasteiger partial charge is 0.496 e. The summed E-state index contributed by atoms with van der Waals surface area (Å²) >= 11 is 1.56. The van der Waals surface area contributed by atoms with Gasteiger partial charge < -0.3 is 20.1 Å². The molecule has 9 heteroatoms. The lowest BCUT2D eigenvalue weighted by atomic mass is 9.73. The molecule has 7 nitrogen and oxygen atoms in total. The Kier molecular flexibility index (Phi) is 4.49. The van der Waals surface area contributed by atoms with Crippen molar-refractivity contribution in [3.8, 4) is 17.0 Å². The smallest absolute Gasteiger partial charge is 0.214 e. The fourth-order valence-corrected chi connectivity index (χ4v) is 5.42. The van der Waals surface area contributed by atoms with Crippen LogP contribution in [0.25, 0.3) is 16.2 Å². The Labute approximate surface area is 172 Å². The first-order chi connectivity index (χ1) is 14.0. The van der Waals surface area contributed by atoms with E-state index in [0.717, 1.165) is 53.9 Å². The molecule has 5 rings (SSSR count). The second-order valence-electron chi connectivity index (χ2n) is 7.96. The Morgan fingerprint density at radius 2 is 2.14 bits per heavy atom. The predicted molar refractivity (Wildman–Crippen MR) is 110 cm³/mol. The van der Waals surface area contributed by atoms with Gasteiger partial charge in [0, 0.05) is 36.2 Å². The van der Waals surface area contributed by atoms with Crippen molar-refractivity contribution >= 4 is 21.4 Å². The predicted octanol–water partition coefficient (Wildman–Crippen LogP) is 2.94. The van der Waals surface area contributed by atoms with Gasteiger partial charge in [0.1, 0.15) is 11.6 Å². The number of aromatic nitrogens is 3. The minimum absolute atomic E-state index is 0.0833. The first kappa shape index (κ1) is 18.8. The molecule has 1 spiro atoms. The summed E-state index contributed by atoms with van der Waals surface area (Å²) < 4.78 is 26.6. The summed E-state index contributed by atoms with van der Waals surface area (Å²) in [6.07, 6.45) is 3.87. The number of nitrogens with zero attached hydrogens (tertiary/aromatic N) is 4. The number of anilines is 1. The third-order valence-electron chi connectivity index (χ3n) is 6.39. The van der Waals surface area contributed by atoms with Gasteiger partial charge in [-0.1, -0.05) is 11.3 Å². The lowest BCUT2D eigenvalue weighted by Crippen LogP contribution is -2.50. The summed E-state index contributed by atoms with van der Waals surface area (Å²) in [5.74, 6) is 0.126. The minimum Gasteiger partial charge on any atom is -0.496 e. The molecule has 2 aromatic heterocycles. The highest BCUT2D eigenvalue weighted by molar-refractivity contribution is 7.20. The molecule has 0 aliphatic carbocycles. The summed E-state index contributed by atoms with van der Waals surface area (Å²) in [4.78, 5) is 7.60. The lowest BCUT2D eigenvalue weighted by Gasteiger charge is -2.40. The molecule has 1 aromatic carbocycles. The highest BCUT2D eigenvalue weighted by Crippen LogP contribution is 2.42. The van der Waals surface area contributed by atoms with Gasteiger partial charge in [0.15, 0.2) is 0 Å². The molecule has 0 unspecified atom stereocenters. The van der Waals surface area contributed by atoms with Crippen molar-refractivity contribution in [3.63, 3.8) is 0 Å². The van der Waals surface area contributed by atoms with Crippen molar-refractivity contribution in [2.75, 3.05) is 31.7 Å². The molecule has 0 radical (unpaired) electrons. The number of piperidine rings is 1. The van der Waals surface area contributed by atoms with Crippen LogP contribution in [0.2, 0.25) is 0 Å². The van der Waals surface area contributed by atoms with Crippen molar-refractivity contribution in [1.82, 2.24) is 14.6 Å². The van der Waals surface area contributed by atoms with E-state index in [0.29, 0.717) is 5.75 Å². The van der Waals surface area contributed by atoms with E-state index in [-0.39, 0.29) is 23.4 Å². The zero-order valence-electron chi connectivity index (χ0n) is 16.5. The molecular formula is C20H24FN5O2S. The maximum atomic E-state index is 13.6. The molecule has 2 aliphatic heterocycles. The number of halogens is 1. The highest BCUT2D eigenvalue weighted by Gasteiger charge is 2.47. The standard InChI is InChI=1S/C20H24FN5O2S/c1-12-17(22)20(11-28-12)5-7-25(8-6-20)19-24-26-15(10-23-18(26)29-19)14-4-3-13(21)9-16(14)27-2/h3-4,9-10,12,17H,5-8,11,22H2,1-2H3/t12-,17+/m0/s1. The van der Waals surface area contributed by atoms with E-state index >= 15 is 0 Å². The number of imidazole rings is 1. The Hall–Kier alpha value is -2.23. The van der Waals surface area contributed by atoms with Gasteiger partial charge in [-0.2, -0.15) is 0 Å². The first-order valence-corrected chi connectivity index (χ1v) is 10.6. The molecule has 29 heavy (non-hydrogen) atoms. The number of benzene rings is 1. The molecule has 2 atom stereocenters. The average molecular weight is 418 g/mol. The van der Waals surface area contributed by atoms with Crippen LogP contribution >= 0.6 is 11.3 Å². The second kappa shape index (κ2) is 6.93. The average Bonchev–Trinajstić information content (AvgIpc) is 3.39. The summed E-state index contributed by atoms with van der Waals surface area (Å²) in [6, 6.07) is 4.59. The highest BCUT2D eigenvalue weighted by atomic mass is 32.1. The van der Waals surface area contributed by atoms with Gasteiger partial charge >= 0.3 is 0 Å². The first-order valence-electron chi connectivity index (χ1n) is 9.81. The SMILES string of the molecule is COc1cc(F)ccc1-c1cnc2sc(N3CCC4(CC3)CO[C@@H](C)[C@H]4N)nn12. The number of nitrogens with two attached hydrogens (primary N) is 1. The van der Waals surface area contributed by atoms with E-state index in [1.54, 1.807) is 23.6 Å². The molecule has 0 saturated carbocycles. The molecule has 2 saturated heterocycles. The summed E-state index contributed by atoms with van der Waals surface area (Å²) in [5, 5.41) is 5.74. The molecule has 0 bridgehead atoms. The van der Waals surface area contributed by atoms with Crippen LogP contribution in [-0.4, -0.2) is 53.6 Å². The van der Waals surface area contributed by atoms with E-state index in [1.165, 1.54) is 19.2 Å². The molecular weight excluding hydrogens is 393 g/mol. The Morgan fingerprint density at radius 1 is 1.34 bits per heavy atom. The third kappa shape index (κ3) is 2.99. The number of hydrogen-bond donors (Lipinski definition) is 1. The van der Waals surface area contributed by atoms with E-state index in [2.05, 4.69) is 16.8 Å². The molecule has 2 N–H and O–H groups in total. The monoisotopic (exact) mass is 417 g/mol. The van der Waals surface area contributed by atoms with Crippen molar-refractivity contribution < 1.29 is 13.9 Å². The Bertz CT molecular complexity index is 1040. The van der Waals surface area contributed by atoms with Crippen LogP contribution in [0.5, 0.6) is 5.75 Å². The van der Waals surface area contributed by atoms with Gasteiger partial charge in [-0.15, -0.1) is 5.10 Å². The van der Waals surface area contributed by atoms with Crippen molar-refractivity contribution in [2.24, 2.45) is 11.1 Å². The van der Waals surface area contributed by atoms with Crippen LogP contribution in [0, 0.1) is 11.2 Å². The number of rotatable bonds is 3. The topological polar surface area (TPSA) is 77.9 Å². The van der Waals surface area contributed by atoms with Crippen LogP contribution < -0.4 is 15.4 Å². The van der Waals surface area contributed by atoms with E-state index in [1.807, 2.05) is 4.52 Å². The molecule has 3 aromatic rings. The summed E-state index contributed by atoms with van der Waals surface area (Å²) in [5.41, 5.74) is 8.06. The molecule has 2 aliphatic rings. The molecule has 154 valence electrons. The zero-order valence-corrected chi connectivity index (χ0v) is 17.3. The Balaban J connectivity index is 1.41. The quantitative estimate of drug-likeness (QED) is 0.706. The van der Waals surface area contributed by atoms with Gasteiger partial charge in [-0.3, -0.25) is 0 Å². The lowest BCUT2D eigenvalue weighted by molar-refractivity contribution is 0.0974. The fraction of sp³-hybridized carbons (Fsp3) is 0.500. The Morgan fingerprint density at radius 3 is 2.83 bits per heavy atom. The van der Waals surface area contributed by atoms with E-state index < -0.39 is 0 Å². The normalized spacial score (nSPS) is 23.9. The van der Waals surface area contributed by atoms with E-state index in [9.17, 15) is 4.39 Å². The second-order valence-corrected chi connectivity index (χ2v) is 8.89. The van der Waals surface area contributed by atoms with Crippen molar-refractivity contribution in [2.45, 2.75) is 31.9 Å². The van der Waals surface area contributed by atoms with Gasteiger partial charge in [-0.25, -0.2) is 13.9 Å². The third-order valence-corrected chi connectivity index (χ3v) is 7.37. The molecule has 4 heterocycles. The maximum absolute atomic E-state index is 13.6. The summed E-state index contributed by atoms with van der Waals surface area (Å²) in [7, 11) is 1.53. The van der Waals surface area contributed by atoms with Crippen LogP contribution in [0.4, 0.5) is 9.52 Å². The van der Waals surface area contributed by atoms with Gasteiger partial charge in [-0.05, 0) is 31.9 Å². The molecule has 2 fully saturated rings. The van der Waals surface area contributed by atoms with Crippen LogP contribution in [0.1, 0.15) is 19.8 Å². The maximum Gasteiger partial charge on any atom is 0.214 e. The fourth-order valence-electron chi connectivity index (χ4n) is 4.49. The number of methoxy groups -OCH3 is 1.